The Hall–Kier alpha value is -4.79. The Morgan fingerprint density at radius 2 is 1.43 bits per heavy atom. The van der Waals surface area contributed by atoms with Crippen molar-refractivity contribution in [3.05, 3.63) is 95.6 Å². The van der Waals surface area contributed by atoms with Crippen LogP contribution in [0, 0.1) is 11.8 Å². The molecule has 2 fully saturated rings. The summed E-state index contributed by atoms with van der Waals surface area (Å²) in [7, 11) is 1.28. The molecule has 0 unspecified atom stereocenters. The number of methoxy groups -OCH3 is 1. The zero-order chi connectivity index (χ0) is 28.2. The number of carbonyl (C=O) groups excluding carboxylic acids is 5. The first kappa shape index (κ1) is 26.8. The molecule has 3 amide bonds. The van der Waals surface area contributed by atoms with Crippen LogP contribution < -0.4 is 10.2 Å². The number of hydrogen-bond acceptors (Lipinski definition) is 7. The topological polar surface area (TPSA) is 119 Å². The van der Waals surface area contributed by atoms with E-state index in [9.17, 15) is 24.0 Å². The second-order valence-electron chi connectivity index (χ2n) is 9.89. The van der Waals surface area contributed by atoms with Crippen molar-refractivity contribution < 1.29 is 33.4 Å². The lowest BCUT2D eigenvalue weighted by molar-refractivity contribution is -0.122. The van der Waals surface area contributed by atoms with E-state index in [2.05, 4.69) is 22.2 Å². The van der Waals surface area contributed by atoms with Crippen LogP contribution in [0.3, 0.4) is 0 Å². The predicted molar refractivity (Wildman–Crippen MR) is 146 cm³/mol. The maximum Gasteiger partial charge on any atom is 0.338 e. The highest BCUT2D eigenvalue weighted by Gasteiger charge is 2.50. The lowest BCUT2D eigenvalue weighted by Gasteiger charge is -2.28. The number of carbonyl (C=O) groups is 5. The average Bonchev–Trinajstić information content (AvgIpc) is 3.25. The molecule has 40 heavy (non-hydrogen) atoms. The first-order valence-electron chi connectivity index (χ1n) is 13.0. The summed E-state index contributed by atoms with van der Waals surface area (Å²) < 4.78 is 9.74. The quantitative estimate of drug-likeness (QED) is 0.350. The first-order chi connectivity index (χ1) is 19.4. The van der Waals surface area contributed by atoms with Crippen molar-refractivity contribution in [2.75, 3.05) is 23.9 Å². The summed E-state index contributed by atoms with van der Waals surface area (Å²) in [5, 5.41) is 2.58. The number of nitrogens with one attached hydrogen (secondary N) is 1. The highest BCUT2D eigenvalue weighted by atomic mass is 16.5. The van der Waals surface area contributed by atoms with Crippen LogP contribution in [0.25, 0.3) is 0 Å². The van der Waals surface area contributed by atoms with E-state index < -0.39 is 24.5 Å². The monoisotopic (exact) mass is 540 g/mol. The van der Waals surface area contributed by atoms with Gasteiger partial charge in [0.1, 0.15) is 0 Å². The fourth-order valence-electron chi connectivity index (χ4n) is 5.43. The molecule has 3 aromatic carbocycles. The molecule has 1 saturated carbocycles. The van der Waals surface area contributed by atoms with Gasteiger partial charge in [0, 0.05) is 5.69 Å². The summed E-state index contributed by atoms with van der Waals surface area (Å²) in [5.74, 6) is -2.62. The molecule has 1 aliphatic heterocycles. The highest BCUT2D eigenvalue weighted by Crippen LogP contribution is 2.45. The molecule has 2 aliphatic rings. The number of fused-ring (bicyclic) bond motifs is 1. The van der Waals surface area contributed by atoms with Gasteiger partial charge in [-0.2, -0.15) is 0 Å². The van der Waals surface area contributed by atoms with Gasteiger partial charge in [-0.3, -0.25) is 19.3 Å². The van der Waals surface area contributed by atoms with Crippen LogP contribution in [-0.2, 0) is 23.9 Å². The summed E-state index contributed by atoms with van der Waals surface area (Å²) >= 11 is 0. The number of ether oxygens (including phenoxy) is 2. The normalized spacial score (nSPS) is 20.0. The predicted octanol–water partition coefficient (Wildman–Crippen LogP) is 4.34. The lowest BCUT2D eigenvalue weighted by atomic mass is 9.73. The van der Waals surface area contributed by atoms with Gasteiger partial charge >= 0.3 is 11.9 Å². The van der Waals surface area contributed by atoms with E-state index in [1.165, 1.54) is 54.0 Å². The van der Waals surface area contributed by atoms with Crippen LogP contribution in [0.15, 0.2) is 78.9 Å². The summed E-state index contributed by atoms with van der Waals surface area (Å²) in [5.41, 5.74) is 2.54. The number of anilines is 2. The summed E-state index contributed by atoms with van der Waals surface area (Å²) in [6.07, 6.45) is 2.15. The van der Waals surface area contributed by atoms with Crippen LogP contribution in [0.1, 0.15) is 51.5 Å². The van der Waals surface area contributed by atoms with E-state index in [1.807, 2.05) is 18.2 Å². The van der Waals surface area contributed by atoms with Crippen LogP contribution >= 0.6 is 0 Å². The van der Waals surface area contributed by atoms with Crippen molar-refractivity contribution in [1.29, 1.82) is 0 Å². The smallest absolute Gasteiger partial charge is 0.338 e. The van der Waals surface area contributed by atoms with Gasteiger partial charge in [0.25, 0.3) is 5.91 Å². The Morgan fingerprint density at radius 3 is 2.10 bits per heavy atom. The maximum absolute atomic E-state index is 13.3. The van der Waals surface area contributed by atoms with Crippen LogP contribution in [0.2, 0.25) is 0 Å². The molecule has 0 aromatic heterocycles. The van der Waals surface area contributed by atoms with Gasteiger partial charge in [-0.05, 0) is 79.3 Å². The van der Waals surface area contributed by atoms with Gasteiger partial charge in [0.05, 0.1) is 35.8 Å². The van der Waals surface area contributed by atoms with Crippen molar-refractivity contribution >= 4 is 41.0 Å². The fourth-order valence-corrected chi connectivity index (χ4v) is 5.43. The van der Waals surface area contributed by atoms with E-state index in [0.29, 0.717) is 29.8 Å². The SMILES string of the molecule is COC(=O)c1ccc(NC(=O)COC(=O)c2ccc(N3C(=O)[C@@H]4CC[C@H](c5ccccc5)C[C@H]4C3=O)cc2)cc1. The van der Waals surface area contributed by atoms with Crippen molar-refractivity contribution in [3.8, 4) is 0 Å². The molecule has 9 nitrogen and oxygen atoms in total. The summed E-state index contributed by atoms with van der Waals surface area (Å²) in [6.45, 7) is -0.519. The summed E-state index contributed by atoms with van der Waals surface area (Å²) in [6, 6.07) is 22.2. The standard InChI is InChI=1S/C31H28N2O7/c1-39-30(37)20-7-12-23(13-8-20)32-27(34)18-40-31(38)21-9-14-24(15-10-21)33-28(35)25-16-11-22(17-26(25)29(33)36)19-5-3-2-4-6-19/h2-10,12-15,22,25-26H,11,16-18H2,1H3,(H,32,34)/t22-,25+,26+/m0/s1. The Balaban J connectivity index is 1.16. The van der Waals surface area contributed by atoms with Gasteiger partial charge in [-0.25, -0.2) is 9.59 Å². The van der Waals surface area contributed by atoms with E-state index in [-0.39, 0.29) is 35.1 Å². The molecule has 0 bridgehead atoms. The van der Waals surface area contributed by atoms with Crippen LogP contribution in [0.5, 0.6) is 0 Å². The first-order valence-corrected chi connectivity index (χ1v) is 13.0. The molecular weight excluding hydrogens is 512 g/mol. The average molecular weight is 541 g/mol. The number of rotatable bonds is 7. The fraction of sp³-hybridized carbons (Fsp3) is 0.258. The van der Waals surface area contributed by atoms with Gasteiger partial charge in [-0.15, -0.1) is 0 Å². The summed E-state index contributed by atoms with van der Waals surface area (Å²) in [4.78, 5) is 63.9. The number of amides is 3. The van der Waals surface area contributed by atoms with E-state index in [0.717, 1.165) is 6.42 Å². The molecule has 0 radical (unpaired) electrons. The molecule has 1 aliphatic carbocycles. The molecule has 5 rings (SSSR count). The van der Waals surface area contributed by atoms with E-state index >= 15 is 0 Å². The molecular formula is C31H28N2O7. The number of esters is 2. The Morgan fingerprint density at radius 1 is 0.800 bits per heavy atom. The zero-order valence-corrected chi connectivity index (χ0v) is 21.9. The second-order valence-corrected chi connectivity index (χ2v) is 9.89. The molecule has 204 valence electrons. The van der Waals surface area contributed by atoms with Gasteiger partial charge < -0.3 is 14.8 Å². The second kappa shape index (κ2) is 11.5. The van der Waals surface area contributed by atoms with Crippen molar-refractivity contribution in [2.24, 2.45) is 11.8 Å². The molecule has 0 spiro atoms. The minimum Gasteiger partial charge on any atom is -0.465 e. The molecule has 1 heterocycles. The minimum atomic E-state index is -0.721. The third kappa shape index (κ3) is 5.49. The highest BCUT2D eigenvalue weighted by molar-refractivity contribution is 6.22. The number of benzene rings is 3. The molecule has 1 N–H and O–H groups in total. The zero-order valence-electron chi connectivity index (χ0n) is 21.9. The molecule has 9 heteroatoms. The molecule has 3 atom stereocenters. The Bertz CT molecular complexity index is 1430. The number of imide groups is 1. The van der Waals surface area contributed by atoms with Crippen LogP contribution in [0.4, 0.5) is 11.4 Å². The Kier molecular flexibility index (Phi) is 7.72. The van der Waals surface area contributed by atoms with Gasteiger partial charge in [0.2, 0.25) is 11.8 Å². The number of nitrogens with zero attached hydrogens (tertiary/aromatic N) is 1. The third-order valence-corrected chi connectivity index (χ3v) is 7.48. The van der Waals surface area contributed by atoms with Crippen molar-refractivity contribution in [3.63, 3.8) is 0 Å². The maximum atomic E-state index is 13.3. The largest absolute Gasteiger partial charge is 0.465 e. The van der Waals surface area contributed by atoms with E-state index in [1.54, 1.807) is 12.1 Å². The van der Waals surface area contributed by atoms with Crippen molar-refractivity contribution in [1.82, 2.24) is 0 Å². The van der Waals surface area contributed by atoms with Crippen molar-refractivity contribution in [2.45, 2.75) is 25.2 Å². The molecule has 3 aromatic rings. The minimum absolute atomic E-state index is 0.180. The van der Waals surface area contributed by atoms with Crippen LogP contribution in [-0.4, -0.2) is 43.4 Å². The van der Waals surface area contributed by atoms with E-state index in [4.69, 9.17) is 4.74 Å². The molecule has 1 saturated heterocycles. The van der Waals surface area contributed by atoms with Gasteiger partial charge in [-0.1, -0.05) is 30.3 Å². The van der Waals surface area contributed by atoms with Gasteiger partial charge in [0.15, 0.2) is 6.61 Å². The third-order valence-electron chi connectivity index (χ3n) is 7.48. The Labute approximate surface area is 231 Å². The lowest BCUT2D eigenvalue weighted by Crippen LogP contribution is -2.30. The number of hydrogen-bond donors (Lipinski definition) is 1.